The summed E-state index contributed by atoms with van der Waals surface area (Å²) in [6.45, 7) is 5.36. The molecule has 0 amide bonds. The van der Waals surface area contributed by atoms with Crippen LogP contribution in [0.1, 0.15) is 16.7 Å². The van der Waals surface area contributed by atoms with Gasteiger partial charge in [-0.3, -0.25) is 0 Å². The zero-order chi connectivity index (χ0) is 11.7. The molecule has 0 saturated heterocycles. The van der Waals surface area contributed by atoms with E-state index in [1.165, 1.54) is 7.17 Å². The van der Waals surface area contributed by atoms with Crippen molar-refractivity contribution >= 4 is 61.1 Å². The molecule has 0 saturated carbocycles. The fraction of sp³-hybridized carbons (Fsp3) is 0.333. The Morgan fingerprint density at radius 3 is 1.93 bits per heavy atom. The van der Waals surface area contributed by atoms with E-state index in [1.807, 2.05) is 20.8 Å². The summed E-state index contributed by atoms with van der Waals surface area (Å²) in [5, 5.41) is 0. The summed E-state index contributed by atoms with van der Waals surface area (Å²) in [5.41, 5.74) is 5.47. The minimum absolute atomic E-state index is 0.497. The summed E-state index contributed by atoms with van der Waals surface area (Å²) < 4.78 is 0. The number of rotatable bonds is 2. The number of benzene rings is 1. The molecule has 1 rings (SSSR count). The Kier molecular flexibility index (Phi) is 3.92. The second kappa shape index (κ2) is 4.63. The van der Waals surface area contributed by atoms with Gasteiger partial charge in [-0.05, 0) is 20.8 Å². The maximum absolute atomic E-state index is 5.97. The lowest BCUT2D eigenvalue weighted by molar-refractivity contribution is 1.37. The van der Waals surface area contributed by atoms with Gasteiger partial charge in [0.15, 0.2) is 0 Å². The number of hydrogen-bond donors (Lipinski definition) is 0. The van der Waals surface area contributed by atoms with Gasteiger partial charge in [0.1, 0.15) is 7.85 Å². The Hall–Kier alpha value is -0.390. The van der Waals surface area contributed by atoms with Gasteiger partial charge in [0.2, 0.25) is 0 Å². The van der Waals surface area contributed by atoms with Crippen molar-refractivity contribution in [2.24, 2.45) is 0 Å². The standard InChI is InChI=1S/C9H9B6/c1-4-5(2)9(15(12)13)6(3)8(14-11)7(4)10/h1-3H3. The topological polar surface area (TPSA) is 0 Å². The van der Waals surface area contributed by atoms with Crippen LogP contribution in [0.2, 0.25) is 0 Å². The Morgan fingerprint density at radius 2 is 1.53 bits per heavy atom. The zero-order valence-electron chi connectivity index (χ0n) is 9.46. The van der Waals surface area contributed by atoms with Crippen molar-refractivity contribution < 1.29 is 0 Å². The molecule has 0 aliphatic carbocycles. The zero-order valence-corrected chi connectivity index (χ0v) is 9.46. The van der Waals surface area contributed by atoms with Crippen LogP contribution in [0.4, 0.5) is 0 Å². The summed E-state index contributed by atoms with van der Waals surface area (Å²) in [6, 6.07) is 0. The molecule has 0 unspecified atom stereocenters. The van der Waals surface area contributed by atoms with E-state index in [2.05, 4.69) is 0 Å². The average Bonchev–Trinajstić information content (AvgIpc) is 2.15. The van der Waals surface area contributed by atoms with Crippen molar-refractivity contribution in [2.45, 2.75) is 20.8 Å². The van der Waals surface area contributed by atoms with E-state index in [9.17, 15) is 0 Å². The van der Waals surface area contributed by atoms with Crippen LogP contribution in [0, 0.1) is 20.8 Å². The first-order valence-corrected chi connectivity index (χ1v) is 4.87. The molecule has 0 atom stereocenters. The molecule has 6 heteroatoms. The average molecular weight is 182 g/mol. The summed E-state index contributed by atoms with van der Waals surface area (Å²) >= 11 is 0. The van der Waals surface area contributed by atoms with Gasteiger partial charge in [-0.2, -0.15) is 0 Å². The summed E-state index contributed by atoms with van der Waals surface area (Å²) in [5.74, 6) is 0. The molecule has 0 nitrogen and oxygen atoms in total. The van der Waals surface area contributed by atoms with E-state index in [-0.39, 0.29) is 0 Å². The monoisotopic (exact) mass is 183 g/mol. The minimum atomic E-state index is -0.497. The number of hydrogen-bond acceptors (Lipinski definition) is 0. The predicted octanol–water partition coefficient (Wildman–Crippen LogP) is -2.15. The smallest absolute Gasteiger partial charge is 0.102 e. The van der Waals surface area contributed by atoms with Crippen molar-refractivity contribution in [3.8, 4) is 0 Å². The predicted molar refractivity (Wildman–Crippen MR) is 74.1 cm³/mol. The summed E-state index contributed by atoms with van der Waals surface area (Å²) in [4.78, 5) is 0. The van der Waals surface area contributed by atoms with E-state index in [0.29, 0.717) is 5.46 Å². The van der Waals surface area contributed by atoms with Crippen molar-refractivity contribution in [2.75, 3.05) is 0 Å². The van der Waals surface area contributed by atoms with E-state index in [1.54, 1.807) is 0 Å². The molecule has 0 aliphatic heterocycles. The van der Waals surface area contributed by atoms with Crippen LogP contribution in [0.15, 0.2) is 0 Å². The maximum Gasteiger partial charge on any atom is 0.113 e. The molecule has 1 aromatic rings. The Balaban J connectivity index is 3.60. The minimum Gasteiger partial charge on any atom is -0.102 e. The van der Waals surface area contributed by atoms with Gasteiger partial charge in [0.05, 0.1) is 13.7 Å². The third kappa shape index (κ3) is 2.09. The summed E-state index contributed by atoms with van der Waals surface area (Å²) in [6.07, 6.45) is 0. The molecule has 0 spiro atoms. The Labute approximate surface area is 98.9 Å². The van der Waals surface area contributed by atoms with E-state index >= 15 is 0 Å². The molecule has 0 aromatic heterocycles. The highest BCUT2D eigenvalue weighted by atomic mass is 14.1. The highest BCUT2D eigenvalue weighted by Gasteiger charge is 2.15. The van der Waals surface area contributed by atoms with Crippen LogP contribution in [-0.4, -0.2) is 44.7 Å². The van der Waals surface area contributed by atoms with Crippen LogP contribution in [0.3, 0.4) is 0 Å². The van der Waals surface area contributed by atoms with Crippen LogP contribution in [-0.2, 0) is 0 Å². The van der Waals surface area contributed by atoms with Crippen LogP contribution < -0.4 is 16.4 Å². The lowest BCUT2D eigenvalue weighted by Gasteiger charge is -2.22. The van der Waals surface area contributed by atoms with Gasteiger partial charge >= 0.3 is 0 Å². The third-order valence-corrected chi connectivity index (χ3v) is 2.97. The quantitative estimate of drug-likeness (QED) is 0.457. The highest BCUT2D eigenvalue weighted by molar-refractivity contribution is 7.35. The van der Waals surface area contributed by atoms with Gasteiger partial charge in [-0.15, -0.1) is 10.9 Å². The normalized spacial score (nSPS) is 10.1. The van der Waals surface area contributed by atoms with Gasteiger partial charge in [0.25, 0.3) is 0 Å². The van der Waals surface area contributed by atoms with Crippen molar-refractivity contribution in [3.63, 3.8) is 0 Å². The van der Waals surface area contributed by atoms with Gasteiger partial charge in [0, 0.05) is 23.2 Å². The molecule has 0 fully saturated rings. The fourth-order valence-corrected chi connectivity index (χ4v) is 1.95. The fourth-order valence-electron chi connectivity index (χ4n) is 1.95. The largest absolute Gasteiger partial charge is 0.113 e. The molecular weight excluding hydrogens is 173 g/mol. The molecule has 15 heavy (non-hydrogen) atoms. The van der Waals surface area contributed by atoms with E-state index < -0.39 is 6.49 Å². The molecular formula is C9H9B6. The first kappa shape index (κ1) is 12.7. The maximum atomic E-state index is 5.97. The third-order valence-electron chi connectivity index (χ3n) is 2.97. The highest BCUT2D eigenvalue weighted by Crippen LogP contribution is 2.03. The molecule has 1 aromatic carbocycles. The van der Waals surface area contributed by atoms with Crippen molar-refractivity contribution in [3.05, 3.63) is 16.7 Å². The van der Waals surface area contributed by atoms with E-state index in [4.69, 9.17) is 31.1 Å². The molecule has 0 heterocycles. The lowest BCUT2D eigenvalue weighted by atomic mass is 9.16. The summed E-state index contributed by atoms with van der Waals surface area (Å²) in [7, 11) is 24.5. The van der Waals surface area contributed by atoms with Gasteiger partial charge in [-0.1, -0.05) is 22.2 Å². The molecule has 63 valence electrons. The Morgan fingerprint density at radius 1 is 1.00 bits per heavy atom. The SMILES string of the molecule is [B][B]c1c([B])c(C)c(C)c(B([B])[B])c1C. The molecule has 0 bridgehead atoms. The van der Waals surface area contributed by atoms with Crippen LogP contribution in [0.5, 0.6) is 0 Å². The molecule has 0 N–H and O–H groups in total. The van der Waals surface area contributed by atoms with Crippen LogP contribution in [0.25, 0.3) is 0 Å². The lowest BCUT2D eigenvalue weighted by Crippen LogP contribution is -2.47. The van der Waals surface area contributed by atoms with Gasteiger partial charge < -0.3 is 0 Å². The van der Waals surface area contributed by atoms with E-state index in [0.717, 1.165) is 27.6 Å². The first-order valence-electron chi connectivity index (χ1n) is 4.87. The Bertz CT molecular complexity index is 385. The molecule has 0 aliphatic rings. The first-order chi connectivity index (χ1) is 6.91. The second-order valence-corrected chi connectivity index (χ2v) is 3.81. The van der Waals surface area contributed by atoms with Crippen molar-refractivity contribution in [1.29, 1.82) is 0 Å². The molecule has 9 radical (unpaired) electrons. The van der Waals surface area contributed by atoms with Crippen molar-refractivity contribution in [1.82, 2.24) is 0 Å². The van der Waals surface area contributed by atoms with Gasteiger partial charge in [-0.25, -0.2) is 0 Å². The van der Waals surface area contributed by atoms with Crippen LogP contribution >= 0.6 is 0 Å². The second-order valence-electron chi connectivity index (χ2n) is 3.81.